The van der Waals surface area contributed by atoms with Crippen LogP contribution < -0.4 is 0 Å². The van der Waals surface area contributed by atoms with Gasteiger partial charge < -0.3 is 9.31 Å². The molecule has 0 bridgehead atoms. The fourth-order valence-corrected chi connectivity index (χ4v) is 2.69. The van der Waals surface area contributed by atoms with Crippen LogP contribution in [0.5, 0.6) is 0 Å². The zero-order valence-corrected chi connectivity index (χ0v) is 15.5. The minimum Gasteiger partial charge on any atom is -0.400 e. The van der Waals surface area contributed by atoms with Gasteiger partial charge in [0.05, 0.1) is 16.8 Å². The van der Waals surface area contributed by atoms with E-state index in [1.54, 1.807) is 0 Å². The average molecular weight is 379 g/mol. The van der Waals surface area contributed by atoms with Gasteiger partial charge in [0, 0.05) is 10.8 Å². The summed E-state index contributed by atoms with van der Waals surface area (Å²) in [5.74, 6) is 0.205. The molecule has 0 unspecified atom stereocenters. The van der Waals surface area contributed by atoms with E-state index >= 15 is 0 Å². The third kappa shape index (κ3) is 3.95. The van der Waals surface area contributed by atoms with Crippen molar-refractivity contribution in [2.45, 2.75) is 45.1 Å². The first-order valence-electron chi connectivity index (χ1n) is 7.41. The maximum absolute atomic E-state index is 13.2. The van der Waals surface area contributed by atoms with Crippen LogP contribution in [0.3, 0.4) is 0 Å². The van der Waals surface area contributed by atoms with E-state index < -0.39 is 30.1 Å². The zero-order valence-electron chi connectivity index (χ0n) is 13.9. The number of benzene rings is 1. The van der Waals surface area contributed by atoms with E-state index in [9.17, 15) is 13.2 Å². The highest BCUT2D eigenvalue weighted by atomic mass is 35.5. The molecule has 0 radical (unpaired) electrons. The van der Waals surface area contributed by atoms with Crippen molar-refractivity contribution in [1.82, 2.24) is 0 Å². The molecule has 1 aromatic carbocycles. The maximum atomic E-state index is 13.2. The number of thiol groups is 1. The molecule has 8 heteroatoms. The van der Waals surface area contributed by atoms with Gasteiger partial charge in [-0.25, -0.2) is 0 Å². The van der Waals surface area contributed by atoms with Gasteiger partial charge >= 0.3 is 13.3 Å². The van der Waals surface area contributed by atoms with Crippen LogP contribution in [-0.4, -0.2) is 24.1 Å². The second-order valence-corrected chi connectivity index (χ2v) is 7.45. The maximum Gasteiger partial charge on any atom is 0.491 e. The van der Waals surface area contributed by atoms with E-state index in [1.165, 1.54) is 18.2 Å². The van der Waals surface area contributed by atoms with E-state index in [1.807, 2.05) is 27.7 Å². The summed E-state index contributed by atoms with van der Waals surface area (Å²) in [4.78, 5) is 0. The third-order valence-electron chi connectivity index (χ3n) is 4.40. The van der Waals surface area contributed by atoms with Crippen LogP contribution in [0, 0.1) is 0 Å². The molecule has 1 aliphatic rings. The Morgan fingerprint density at radius 3 is 2.21 bits per heavy atom. The number of alkyl halides is 3. The molecule has 132 valence electrons. The molecule has 1 heterocycles. The molecule has 1 fully saturated rings. The first-order chi connectivity index (χ1) is 10.9. The Morgan fingerprint density at radius 1 is 1.21 bits per heavy atom. The van der Waals surface area contributed by atoms with Crippen molar-refractivity contribution in [3.8, 4) is 0 Å². The van der Waals surface area contributed by atoms with Gasteiger partial charge in [-0.2, -0.15) is 25.8 Å². The normalized spacial score (nSPS) is 20.5. The van der Waals surface area contributed by atoms with Gasteiger partial charge in [-0.3, -0.25) is 0 Å². The van der Waals surface area contributed by atoms with Gasteiger partial charge in [0.15, 0.2) is 0 Å². The van der Waals surface area contributed by atoms with E-state index in [-0.39, 0.29) is 16.3 Å². The minimum absolute atomic E-state index is 0.00524. The highest BCUT2D eigenvalue weighted by molar-refractivity contribution is 7.80. The number of hydrogen-bond donors (Lipinski definition) is 1. The highest BCUT2D eigenvalue weighted by Crippen LogP contribution is 2.40. The molecule has 2 rings (SSSR count). The molecule has 0 saturated carbocycles. The van der Waals surface area contributed by atoms with E-state index in [0.717, 1.165) is 6.07 Å². The zero-order chi connectivity index (χ0) is 18.3. The summed E-state index contributed by atoms with van der Waals surface area (Å²) in [6, 6.07) is 3.66. The van der Waals surface area contributed by atoms with E-state index in [2.05, 4.69) is 12.6 Å². The van der Waals surface area contributed by atoms with Gasteiger partial charge in [-0.15, -0.1) is 0 Å². The lowest BCUT2D eigenvalue weighted by molar-refractivity contribution is -0.137. The molecule has 0 amide bonds. The lowest BCUT2D eigenvalue weighted by atomic mass is 9.78. The summed E-state index contributed by atoms with van der Waals surface area (Å²) < 4.78 is 51.5. The molecule has 2 nitrogen and oxygen atoms in total. The largest absolute Gasteiger partial charge is 0.491 e. The average Bonchev–Trinajstić information content (AvgIpc) is 2.64. The Morgan fingerprint density at radius 2 is 1.75 bits per heavy atom. The summed E-state index contributed by atoms with van der Waals surface area (Å²) >= 11 is 9.94. The molecule has 0 aliphatic carbocycles. The van der Waals surface area contributed by atoms with E-state index in [0.29, 0.717) is 5.47 Å². The minimum atomic E-state index is -4.51. The predicted molar refractivity (Wildman–Crippen MR) is 94.4 cm³/mol. The summed E-state index contributed by atoms with van der Waals surface area (Å²) in [5, 5.41) is 0.0301. The summed E-state index contributed by atoms with van der Waals surface area (Å²) in [7, 11) is -0.746. The van der Waals surface area contributed by atoms with Crippen molar-refractivity contribution in [2.75, 3.05) is 5.75 Å². The number of rotatable bonds is 3. The van der Waals surface area contributed by atoms with Crippen molar-refractivity contribution in [2.24, 2.45) is 0 Å². The Hall–Kier alpha value is -0.625. The predicted octanol–water partition coefficient (Wildman–Crippen LogP) is 5.30. The first kappa shape index (κ1) is 19.7. The van der Waals surface area contributed by atoms with Gasteiger partial charge in [0.25, 0.3) is 0 Å². The highest BCUT2D eigenvalue weighted by Gasteiger charge is 2.52. The molecule has 1 aliphatic heterocycles. The third-order valence-corrected chi connectivity index (χ3v) is 5.00. The lowest BCUT2D eigenvalue weighted by Crippen LogP contribution is -2.41. The lowest BCUT2D eigenvalue weighted by Gasteiger charge is -2.32. The Labute approximate surface area is 150 Å². The molecule has 1 saturated heterocycles. The smallest absolute Gasteiger partial charge is 0.400 e. The molecular weight excluding hydrogens is 360 g/mol. The Kier molecular flexibility index (Phi) is 5.41. The molecule has 0 aromatic heterocycles. The summed E-state index contributed by atoms with van der Waals surface area (Å²) in [6.07, 6.45) is -3.09. The molecule has 1 aromatic rings. The molecular formula is C16H19BClF3O2S. The van der Waals surface area contributed by atoms with Gasteiger partial charge in [0.1, 0.15) is 0 Å². The van der Waals surface area contributed by atoms with Crippen LogP contribution in [-0.2, 0) is 15.5 Å². The van der Waals surface area contributed by atoms with Gasteiger partial charge in [0.2, 0.25) is 0 Å². The molecule has 0 spiro atoms. The van der Waals surface area contributed by atoms with Crippen molar-refractivity contribution in [3.63, 3.8) is 0 Å². The van der Waals surface area contributed by atoms with Gasteiger partial charge in [-0.05, 0) is 50.9 Å². The number of hydrogen-bond acceptors (Lipinski definition) is 3. The van der Waals surface area contributed by atoms with Crippen LogP contribution >= 0.6 is 24.2 Å². The first-order valence-corrected chi connectivity index (χ1v) is 8.42. The van der Waals surface area contributed by atoms with Gasteiger partial charge in [-0.1, -0.05) is 23.7 Å². The fourth-order valence-electron chi connectivity index (χ4n) is 2.28. The van der Waals surface area contributed by atoms with Crippen LogP contribution in [0.15, 0.2) is 23.7 Å². The topological polar surface area (TPSA) is 18.5 Å². The van der Waals surface area contributed by atoms with Crippen molar-refractivity contribution in [1.29, 1.82) is 0 Å². The van der Waals surface area contributed by atoms with Crippen molar-refractivity contribution >= 4 is 37.4 Å². The SMILES string of the molecule is CC1(C)OB(C(=Cc2ccc(Cl)cc2C(F)(F)F)CS)OC1(C)C. The molecule has 0 N–H and O–H groups in total. The second kappa shape index (κ2) is 6.59. The fraction of sp³-hybridized carbons (Fsp3) is 0.500. The molecule has 0 atom stereocenters. The van der Waals surface area contributed by atoms with Crippen LogP contribution in [0.1, 0.15) is 38.8 Å². The van der Waals surface area contributed by atoms with Crippen LogP contribution in [0.25, 0.3) is 6.08 Å². The van der Waals surface area contributed by atoms with E-state index in [4.69, 9.17) is 20.9 Å². The Bertz CT molecular complexity index is 643. The van der Waals surface area contributed by atoms with Crippen LogP contribution in [0.2, 0.25) is 5.02 Å². The van der Waals surface area contributed by atoms with Crippen molar-refractivity contribution in [3.05, 3.63) is 39.8 Å². The second-order valence-electron chi connectivity index (χ2n) is 6.69. The number of halogens is 4. The monoisotopic (exact) mass is 378 g/mol. The van der Waals surface area contributed by atoms with Crippen molar-refractivity contribution < 1.29 is 22.5 Å². The summed E-state index contributed by atoms with van der Waals surface area (Å²) in [5.41, 5.74) is -1.43. The summed E-state index contributed by atoms with van der Waals surface area (Å²) in [6.45, 7) is 7.53. The Balaban J connectivity index is 2.43. The quantitative estimate of drug-likeness (QED) is 0.568. The standard InChI is InChI=1S/C16H19BClF3O2S/c1-14(2)15(3,4)23-17(22-14)11(9-24)7-10-5-6-12(18)8-13(10)16(19,20)21/h5-8,24H,9H2,1-4H3. The molecule has 24 heavy (non-hydrogen) atoms. The van der Waals surface area contributed by atoms with Crippen LogP contribution in [0.4, 0.5) is 13.2 Å².